The van der Waals surface area contributed by atoms with Gasteiger partial charge in [-0.25, -0.2) is 8.78 Å². The van der Waals surface area contributed by atoms with Crippen molar-refractivity contribution in [3.05, 3.63) is 29.8 Å². The Bertz CT molecular complexity index is 429. The third kappa shape index (κ3) is 4.15. The van der Waals surface area contributed by atoms with E-state index in [1.807, 2.05) is 4.90 Å². The Hall–Kier alpha value is -1.20. The van der Waals surface area contributed by atoms with E-state index in [-0.39, 0.29) is 0 Å². The van der Waals surface area contributed by atoms with Gasteiger partial charge < -0.3 is 9.80 Å². The molecule has 1 heterocycles. The van der Waals surface area contributed by atoms with E-state index in [1.165, 1.54) is 12.1 Å². The van der Waals surface area contributed by atoms with Gasteiger partial charge in [-0.05, 0) is 45.7 Å². The van der Waals surface area contributed by atoms with Gasteiger partial charge in [-0.15, -0.1) is 0 Å². The van der Waals surface area contributed by atoms with E-state index >= 15 is 0 Å². The lowest BCUT2D eigenvalue weighted by Crippen LogP contribution is -2.47. The number of piperazine rings is 1. The first kappa shape index (κ1) is 15.2. The summed E-state index contributed by atoms with van der Waals surface area (Å²) in [6.07, 6.45) is 1.15. The molecule has 1 fully saturated rings. The molecular formula is C15H23F2N3. The molecule has 0 atom stereocenters. The van der Waals surface area contributed by atoms with E-state index in [4.69, 9.17) is 0 Å². The Kier molecular flexibility index (Phi) is 5.31. The molecule has 0 spiro atoms. The molecule has 2 rings (SSSR count). The van der Waals surface area contributed by atoms with E-state index in [2.05, 4.69) is 23.9 Å². The second-order valence-corrected chi connectivity index (χ2v) is 5.58. The van der Waals surface area contributed by atoms with Crippen LogP contribution >= 0.6 is 0 Å². The van der Waals surface area contributed by atoms with Crippen molar-refractivity contribution in [1.29, 1.82) is 0 Å². The van der Waals surface area contributed by atoms with Gasteiger partial charge in [0.2, 0.25) is 0 Å². The Morgan fingerprint density at radius 2 is 1.80 bits per heavy atom. The first-order chi connectivity index (χ1) is 9.56. The van der Waals surface area contributed by atoms with Crippen LogP contribution in [-0.2, 0) is 0 Å². The lowest BCUT2D eigenvalue weighted by atomic mass is 10.2. The minimum absolute atomic E-state index is 0.467. The van der Waals surface area contributed by atoms with Gasteiger partial charge in [0.15, 0.2) is 0 Å². The van der Waals surface area contributed by atoms with Crippen LogP contribution in [0.4, 0.5) is 14.5 Å². The van der Waals surface area contributed by atoms with Crippen LogP contribution in [-0.4, -0.2) is 63.2 Å². The molecule has 112 valence electrons. The summed E-state index contributed by atoms with van der Waals surface area (Å²) in [6.45, 7) is 5.63. The average molecular weight is 283 g/mol. The molecule has 20 heavy (non-hydrogen) atoms. The van der Waals surface area contributed by atoms with Gasteiger partial charge >= 0.3 is 0 Å². The maximum atomic E-state index is 13.7. The first-order valence-electron chi connectivity index (χ1n) is 7.13. The van der Waals surface area contributed by atoms with Crippen molar-refractivity contribution in [2.45, 2.75) is 6.42 Å². The Morgan fingerprint density at radius 3 is 2.40 bits per heavy atom. The molecule has 0 radical (unpaired) electrons. The van der Waals surface area contributed by atoms with E-state index in [9.17, 15) is 8.78 Å². The number of nitrogens with zero attached hydrogens (tertiary/aromatic N) is 3. The number of hydrogen-bond acceptors (Lipinski definition) is 3. The standard InChI is InChI=1S/C15H23F2N3/c1-18(2)6-3-7-19-8-10-20(11-9-19)15-5-4-13(16)12-14(15)17/h4-5,12H,3,6-11H2,1-2H3. The Balaban J connectivity index is 1.82. The second kappa shape index (κ2) is 6.99. The minimum atomic E-state index is -0.520. The summed E-state index contributed by atoms with van der Waals surface area (Å²) in [5.41, 5.74) is 0.513. The van der Waals surface area contributed by atoms with Crippen molar-refractivity contribution >= 4 is 5.69 Å². The number of anilines is 1. The maximum Gasteiger partial charge on any atom is 0.149 e. The highest BCUT2D eigenvalue weighted by molar-refractivity contribution is 5.48. The fourth-order valence-corrected chi connectivity index (χ4v) is 2.56. The van der Waals surface area contributed by atoms with Crippen molar-refractivity contribution in [3.63, 3.8) is 0 Å². The molecule has 0 saturated carbocycles. The largest absolute Gasteiger partial charge is 0.367 e. The molecule has 0 aliphatic carbocycles. The van der Waals surface area contributed by atoms with Crippen LogP contribution in [0, 0.1) is 11.6 Å². The lowest BCUT2D eigenvalue weighted by molar-refractivity contribution is 0.241. The Labute approximate surface area is 119 Å². The molecule has 1 aromatic rings. The molecule has 0 bridgehead atoms. The third-order valence-corrected chi connectivity index (χ3v) is 3.70. The smallest absolute Gasteiger partial charge is 0.149 e. The van der Waals surface area contributed by atoms with E-state index in [0.29, 0.717) is 5.69 Å². The highest BCUT2D eigenvalue weighted by Crippen LogP contribution is 2.21. The molecule has 0 unspecified atom stereocenters. The summed E-state index contributed by atoms with van der Waals surface area (Å²) in [5.74, 6) is -0.986. The fraction of sp³-hybridized carbons (Fsp3) is 0.600. The van der Waals surface area contributed by atoms with Crippen LogP contribution in [0.2, 0.25) is 0 Å². The quantitative estimate of drug-likeness (QED) is 0.819. The third-order valence-electron chi connectivity index (χ3n) is 3.70. The van der Waals surface area contributed by atoms with Gasteiger partial charge in [0.25, 0.3) is 0 Å². The summed E-state index contributed by atoms with van der Waals surface area (Å²) < 4.78 is 26.6. The van der Waals surface area contributed by atoms with Gasteiger partial charge in [-0.2, -0.15) is 0 Å². The number of hydrogen-bond donors (Lipinski definition) is 0. The highest BCUT2D eigenvalue weighted by atomic mass is 19.1. The molecule has 1 aliphatic heterocycles. The van der Waals surface area contributed by atoms with Crippen LogP contribution < -0.4 is 4.90 Å². The van der Waals surface area contributed by atoms with Gasteiger partial charge in [-0.3, -0.25) is 4.90 Å². The summed E-state index contributed by atoms with van der Waals surface area (Å²) in [7, 11) is 4.16. The van der Waals surface area contributed by atoms with Crippen LogP contribution in [0.5, 0.6) is 0 Å². The second-order valence-electron chi connectivity index (χ2n) is 5.58. The molecule has 5 heteroatoms. The van der Waals surface area contributed by atoms with Crippen molar-refractivity contribution in [2.75, 3.05) is 58.3 Å². The van der Waals surface area contributed by atoms with Crippen LogP contribution in [0.25, 0.3) is 0 Å². The van der Waals surface area contributed by atoms with E-state index in [1.54, 1.807) is 0 Å². The lowest BCUT2D eigenvalue weighted by Gasteiger charge is -2.36. The summed E-state index contributed by atoms with van der Waals surface area (Å²) in [4.78, 5) is 6.59. The van der Waals surface area contributed by atoms with E-state index < -0.39 is 11.6 Å². The zero-order valence-corrected chi connectivity index (χ0v) is 12.3. The van der Waals surface area contributed by atoms with Crippen LogP contribution in [0.3, 0.4) is 0 Å². The molecular weight excluding hydrogens is 260 g/mol. The SMILES string of the molecule is CN(C)CCCN1CCN(c2ccc(F)cc2F)CC1. The summed E-state index contributed by atoms with van der Waals surface area (Å²) in [5, 5.41) is 0. The van der Waals surface area contributed by atoms with Gasteiger partial charge in [0.05, 0.1) is 5.69 Å². The Morgan fingerprint density at radius 1 is 1.10 bits per heavy atom. The summed E-state index contributed by atoms with van der Waals surface area (Å²) >= 11 is 0. The number of halogens is 2. The molecule has 0 aromatic heterocycles. The molecule has 1 aliphatic rings. The zero-order chi connectivity index (χ0) is 14.5. The minimum Gasteiger partial charge on any atom is -0.367 e. The molecule has 1 aromatic carbocycles. The molecule has 3 nitrogen and oxygen atoms in total. The first-order valence-corrected chi connectivity index (χ1v) is 7.13. The van der Waals surface area contributed by atoms with Crippen molar-refractivity contribution < 1.29 is 8.78 Å². The predicted octanol–water partition coefficient (Wildman–Crippen LogP) is 2.04. The topological polar surface area (TPSA) is 9.72 Å². The van der Waals surface area contributed by atoms with E-state index in [0.717, 1.165) is 51.8 Å². The van der Waals surface area contributed by atoms with Crippen molar-refractivity contribution in [2.24, 2.45) is 0 Å². The van der Waals surface area contributed by atoms with Crippen molar-refractivity contribution in [3.8, 4) is 0 Å². The number of rotatable bonds is 5. The average Bonchev–Trinajstić information content (AvgIpc) is 2.39. The fourth-order valence-electron chi connectivity index (χ4n) is 2.56. The van der Waals surface area contributed by atoms with Gasteiger partial charge in [-0.1, -0.05) is 0 Å². The predicted molar refractivity (Wildman–Crippen MR) is 78.2 cm³/mol. The highest BCUT2D eigenvalue weighted by Gasteiger charge is 2.19. The maximum absolute atomic E-state index is 13.7. The number of benzene rings is 1. The van der Waals surface area contributed by atoms with Gasteiger partial charge in [0, 0.05) is 32.2 Å². The van der Waals surface area contributed by atoms with Crippen molar-refractivity contribution in [1.82, 2.24) is 9.80 Å². The van der Waals surface area contributed by atoms with Crippen LogP contribution in [0.15, 0.2) is 18.2 Å². The normalized spacial score (nSPS) is 16.9. The molecule has 0 N–H and O–H groups in total. The van der Waals surface area contributed by atoms with Gasteiger partial charge in [0.1, 0.15) is 11.6 Å². The molecule has 1 saturated heterocycles. The van der Waals surface area contributed by atoms with Crippen LogP contribution in [0.1, 0.15) is 6.42 Å². The summed E-state index contributed by atoms with van der Waals surface area (Å²) in [6, 6.07) is 3.81. The monoisotopic (exact) mass is 283 g/mol. The zero-order valence-electron chi connectivity index (χ0n) is 12.3. The molecule has 0 amide bonds.